The highest BCUT2D eigenvalue weighted by atomic mass is 16.3. The molecule has 2 heterocycles. The molecule has 0 unspecified atom stereocenters. The van der Waals surface area contributed by atoms with Crippen molar-refractivity contribution in [3.63, 3.8) is 0 Å². The van der Waals surface area contributed by atoms with Crippen molar-refractivity contribution in [2.45, 2.75) is 0 Å². The van der Waals surface area contributed by atoms with Crippen LogP contribution in [0.4, 0.5) is 0 Å². The molecule has 0 spiro atoms. The number of benzene rings is 5. The Morgan fingerprint density at radius 1 is 0.486 bits per heavy atom. The van der Waals surface area contributed by atoms with Crippen molar-refractivity contribution in [2.24, 2.45) is 0 Å². The number of hydrogen-bond acceptors (Lipinski definition) is 4. The van der Waals surface area contributed by atoms with Crippen molar-refractivity contribution in [1.82, 2.24) is 15.0 Å². The zero-order valence-corrected chi connectivity index (χ0v) is 18.7. The van der Waals surface area contributed by atoms with Gasteiger partial charge in [0.1, 0.15) is 5.52 Å². The molecule has 0 fully saturated rings. The average Bonchev–Trinajstić information content (AvgIpc) is 3.38. The van der Waals surface area contributed by atoms with Crippen molar-refractivity contribution in [2.75, 3.05) is 0 Å². The maximum Gasteiger partial charge on any atom is 0.227 e. The molecular formula is C31H19N3O. The summed E-state index contributed by atoms with van der Waals surface area (Å²) < 4.78 is 6.27. The molecule has 2 aromatic heterocycles. The molecule has 4 nitrogen and oxygen atoms in total. The molecular weight excluding hydrogens is 430 g/mol. The topological polar surface area (TPSA) is 51.8 Å². The van der Waals surface area contributed by atoms with Crippen LogP contribution in [0.25, 0.3) is 66.9 Å². The molecule has 0 radical (unpaired) electrons. The van der Waals surface area contributed by atoms with Crippen molar-refractivity contribution in [3.05, 3.63) is 115 Å². The summed E-state index contributed by atoms with van der Waals surface area (Å²) in [7, 11) is 0. The molecule has 7 rings (SSSR count). The van der Waals surface area contributed by atoms with Gasteiger partial charge >= 0.3 is 0 Å². The highest BCUT2D eigenvalue weighted by molar-refractivity contribution is 6.05. The third-order valence-corrected chi connectivity index (χ3v) is 6.30. The fraction of sp³-hybridized carbons (Fsp3) is 0. The van der Waals surface area contributed by atoms with Crippen LogP contribution in [0.3, 0.4) is 0 Å². The zero-order valence-electron chi connectivity index (χ0n) is 18.7. The van der Waals surface area contributed by atoms with Gasteiger partial charge in [0, 0.05) is 27.5 Å². The van der Waals surface area contributed by atoms with Crippen LogP contribution < -0.4 is 0 Å². The Morgan fingerprint density at radius 3 is 2.03 bits per heavy atom. The van der Waals surface area contributed by atoms with Gasteiger partial charge < -0.3 is 4.42 Å². The van der Waals surface area contributed by atoms with Crippen LogP contribution in [0.5, 0.6) is 0 Å². The first-order chi connectivity index (χ1) is 17.3. The number of oxazole rings is 1. The van der Waals surface area contributed by atoms with Crippen molar-refractivity contribution < 1.29 is 4.42 Å². The lowest BCUT2D eigenvalue weighted by Crippen LogP contribution is -1.95. The monoisotopic (exact) mass is 449 g/mol. The van der Waals surface area contributed by atoms with Crippen LogP contribution in [0, 0.1) is 0 Å². The molecule has 0 saturated carbocycles. The lowest BCUT2D eigenvalue weighted by molar-refractivity contribution is 0.623. The van der Waals surface area contributed by atoms with Gasteiger partial charge in [-0.2, -0.15) is 0 Å². The first kappa shape index (κ1) is 19.6. The number of para-hydroxylation sites is 1. The van der Waals surface area contributed by atoms with E-state index in [1.54, 1.807) is 0 Å². The summed E-state index contributed by atoms with van der Waals surface area (Å²) in [4.78, 5) is 14.7. The van der Waals surface area contributed by atoms with Crippen LogP contribution in [0.15, 0.2) is 120 Å². The largest absolute Gasteiger partial charge is 0.435 e. The molecule has 4 heteroatoms. The lowest BCUT2D eigenvalue weighted by Gasteiger charge is -2.10. The van der Waals surface area contributed by atoms with E-state index >= 15 is 0 Å². The van der Waals surface area contributed by atoms with Crippen molar-refractivity contribution in [3.8, 4) is 34.1 Å². The third kappa shape index (κ3) is 3.35. The van der Waals surface area contributed by atoms with Crippen LogP contribution in [-0.2, 0) is 0 Å². The number of rotatable bonds is 3. The highest BCUT2D eigenvalue weighted by Crippen LogP contribution is 2.34. The first-order valence-corrected chi connectivity index (χ1v) is 11.5. The van der Waals surface area contributed by atoms with Crippen molar-refractivity contribution in [1.29, 1.82) is 0 Å². The summed E-state index contributed by atoms with van der Waals surface area (Å²) in [6, 6.07) is 38.7. The molecule has 0 atom stereocenters. The Labute approximate surface area is 201 Å². The maximum atomic E-state index is 6.27. The van der Waals surface area contributed by atoms with E-state index < -0.39 is 0 Å². The SMILES string of the molecule is c1ccc(-c2nc3ccc4ccc(-c5nc(-c6ccccc6)c6ccccc6n5)cc4c3o2)cc1. The van der Waals surface area contributed by atoms with E-state index in [1.165, 1.54) is 0 Å². The summed E-state index contributed by atoms with van der Waals surface area (Å²) in [5.74, 6) is 1.30. The Hall–Kier alpha value is -4.83. The van der Waals surface area contributed by atoms with Crippen molar-refractivity contribution >= 4 is 32.8 Å². The van der Waals surface area contributed by atoms with Crippen LogP contribution >= 0.6 is 0 Å². The molecule has 0 bridgehead atoms. The van der Waals surface area contributed by atoms with E-state index in [0.29, 0.717) is 11.7 Å². The first-order valence-electron chi connectivity index (χ1n) is 11.5. The predicted molar refractivity (Wildman–Crippen MR) is 141 cm³/mol. The Bertz CT molecular complexity index is 1840. The quantitative estimate of drug-likeness (QED) is 0.275. The highest BCUT2D eigenvalue weighted by Gasteiger charge is 2.14. The number of nitrogens with zero attached hydrogens (tertiary/aromatic N) is 3. The summed E-state index contributed by atoms with van der Waals surface area (Å²) >= 11 is 0. The van der Waals surface area contributed by atoms with Crippen LogP contribution in [-0.4, -0.2) is 15.0 Å². The minimum absolute atomic E-state index is 0.617. The fourth-order valence-electron chi connectivity index (χ4n) is 4.57. The van der Waals surface area contributed by atoms with Gasteiger partial charge in [-0.1, -0.05) is 84.9 Å². The Morgan fingerprint density at radius 2 is 1.20 bits per heavy atom. The van der Waals surface area contributed by atoms with E-state index in [2.05, 4.69) is 42.5 Å². The van der Waals surface area contributed by atoms with Crippen LogP contribution in [0.1, 0.15) is 0 Å². The van der Waals surface area contributed by atoms with E-state index in [0.717, 1.165) is 55.2 Å². The Kier molecular flexibility index (Phi) is 4.42. The molecule has 0 aliphatic rings. The van der Waals surface area contributed by atoms with Gasteiger partial charge in [0.2, 0.25) is 5.89 Å². The summed E-state index contributed by atoms with van der Waals surface area (Å²) in [6.07, 6.45) is 0. The molecule has 0 amide bonds. The molecule has 0 saturated heterocycles. The second kappa shape index (κ2) is 7.89. The summed E-state index contributed by atoms with van der Waals surface area (Å²) in [6.45, 7) is 0. The van der Waals surface area contributed by atoms with Gasteiger partial charge in [-0.05, 0) is 35.7 Å². The molecule has 5 aromatic carbocycles. The van der Waals surface area contributed by atoms with E-state index in [-0.39, 0.29) is 0 Å². The second-order valence-electron chi connectivity index (χ2n) is 8.51. The van der Waals surface area contributed by atoms with E-state index in [9.17, 15) is 0 Å². The molecule has 164 valence electrons. The Balaban J connectivity index is 1.44. The third-order valence-electron chi connectivity index (χ3n) is 6.30. The van der Waals surface area contributed by atoms with Gasteiger partial charge in [0.15, 0.2) is 11.4 Å². The molecule has 35 heavy (non-hydrogen) atoms. The standard InChI is InChI=1S/C31H19N3O/c1-3-9-21(10-4-1)28-24-13-7-8-14-26(24)32-30(34-28)23-16-15-20-17-18-27-29(25(20)19-23)35-31(33-27)22-11-5-2-6-12-22/h1-19H. The van der Waals surface area contributed by atoms with Gasteiger partial charge in [-0.25, -0.2) is 15.0 Å². The van der Waals surface area contributed by atoms with E-state index in [4.69, 9.17) is 19.4 Å². The van der Waals surface area contributed by atoms with Gasteiger partial charge in [-0.3, -0.25) is 0 Å². The van der Waals surface area contributed by atoms with Gasteiger partial charge in [0.25, 0.3) is 0 Å². The number of aromatic nitrogens is 3. The second-order valence-corrected chi connectivity index (χ2v) is 8.51. The predicted octanol–water partition coefficient (Wildman–Crippen LogP) is 7.93. The fourth-order valence-corrected chi connectivity index (χ4v) is 4.57. The summed E-state index contributed by atoms with van der Waals surface area (Å²) in [5.41, 5.74) is 6.41. The smallest absolute Gasteiger partial charge is 0.227 e. The number of hydrogen-bond donors (Lipinski definition) is 0. The minimum atomic E-state index is 0.617. The minimum Gasteiger partial charge on any atom is -0.435 e. The normalized spacial score (nSPS) is 11.4. The molecule has 0 aliphatic heterocycles. The molecule has 0 aliphatic carbocycles. The molecule has 0 N–H and O–H groups in total. The number of fused-ring (bicyclic) bond motifs is 4. The van der Waals surface area contributed by atoms with Gasteiger partial charge in [0.05, 0.1) is 11.2 Å². The maximum absolute atomic E-state index is 6.27. The summed E-state index contributed by atoms with van der Waals surface area (Å²) in [5, 5.41) is 3.11. The van der Waals surface area contributed by atoms with Crippen LogP contribution in [0.2, 0.25) is 0 Å². The molecule has 7 aromatic rings. The van der Waals surface area contributed by atoms with Gasteiger partial charge in [-0.15, -0.1) is 0 Å². The van der Waals surface area contributed by atoms with E-state index in [1.807, 2.05) is 72.8 Å². The average molecular weight is 450 g/mol. The lowest BCUT2D eigenvalue weighted by atomic mass is 10.0. The zero-order chi connectivity index (χ0) is 23.2.